The van der Waals surface area contributed by atoms with E-state index in [9.17, 15) is 0 Å². The summed E-state index contributed by atoms with van der Waals surface area (Å²) in [7, 11) is 0. The summed E-state index contributed by atoms with van der Waals surface area (Å²) in [6, 6.07) is 8.76. The highest BCUT2D eigenvalue weighted by atomic mass is 79.9. The molecule has 1 aromatic heterocycles. The monoisotopic (exact) mass is 378 g/mol. The predicted molar refractivity (Wildman–Crippen MR) is 98.4 cm³/mol. The molecule has 0 bridgehead atoms. The van der Waals surface area contributed by atoms with Crippen molar-refractivity contribution in [2.24, 2.45) is 10.9 Å². The number of rotatable bonds is 2. The van der Waals surface area contributed by atoms with E-state index in [0.717, 1.165) is 19.0 Å². The first-order valence-corrected chi connectivity index (χ1v) is 8.82. The lowest BCUT2D eigenvalue weighted by atomic mass is 10.1. The van der Waals surface area contributed by atoms with Gasteiger partial charge in [0.2, 0.25) is 0 Å². The van der Waals surface area contributed by atoms with Gasteiger partial charge in [-0.3, -0.25) is 4.99 Å². The fourth-order valence-electron chi connectivity index (χ4n) is 3.06. The number of hydrogen-bond donors (Lipinski definition) is 0. The maximum Gasteiger partial charge on any atom is 0.168 e. The molecular weight excluding hydrogens is 364 g/mol. The third kappa shape index (κ3) is 2.09. The second-order valence-electron chi connectivity index (χ2n) is 5.55. The van der Waals surface area contributed by atoms with Crippen LogP contribution in [0.2, 0.25) is 0 Å². The van der Waals surface area contributed by atoms with Crippen LogP contribution in [0.5, 0.6) is 0 Å². The molecule has 3 aliphatic rings. The summed E-state index contributed by atoms with van der Waals surface area (Å²) in [6.07, 6.45) is 2.71. The molecule has 0 amide bonds. The molecule has 2 nitrogen and oxygen atoms in total. The van der Waals surface area contributed by atoms with E-state index in [1.54, 1.807) is 4.91 Å². The first-order chi connectivity index (χ1) is 9.92. The number of fused-ring (bicyclic) bond motifs is 2. The number of nitrogens with zero attached hydrogens (tertiary/aromatic N) is 2. The zero-order chi connectivity index (χ0) is 13.1. The van der Waals surface area contributed by atoms with Crippen molar-refractivity contribution in [2.45, 2.75) is 12.8 Å². The van der Waals surface area contributed by atoms with Crippen LogP contribution in [0, 0.1) is 5.92 Å². The van der Waals surface area contributed by atoms with Crippen LogP contribution >= 0.6 is 40.1 Å². The minimum Gasteiger partial charge on any atom is -0.318 e. The highest BCUT2D eigenvalue weighted by Crippen LogP contribution is 2.53. The molecular formula is C16H15BrN2S2. The summed E-state index contributed by atoms with van der Waals surface area (Å²) >= 11 is 3.79. The molecule has 2 aromatic rings. The lowest BCUT2D eigenvalue weighted by Gasteiger charge is -2.16. The quantitative estimate of drug-likeness (QED) is 0.732. The van der Waals surface area contributed by atoms with Crippen LogP contribution in [0.1, 0.15) is 18.4 Å². The van der Waals surface area contributed by atoms with Gasteiger partial charge in [0.05, 0.1) is 12.2 Å². The van der Waals surface area contributed by atoms with E-state index in [4.69, 9.17) is 0 Å². The zero-order valence-corrected chi connectivity index (χ0v) is 14.8. The van der Waals surface area contributed by atoms with Crippen LogP contribution < -0.4 is 0 Å². The maximum absolute atomic E-state index is 4.67. The average Bonchev–Trinajstić information content (AvgIpc) is 2.94. The Morgan fingerprint density at radius 2 is 2.05 bits per heavy atom. The van der Waals surface area contributed by atoms with Crippen LogP contribution in [-0.4, -0.2) is 23.2 Å². The lowest BCUT2D eigenvalue weighted by molar-refractivity contribution is 0.646. The highest BCUT2D eigenvalue weighted by Gasteiger charge is 2.40. The van der Waals surface area contributed by atoms with Crippen molar-refractivity contribution in [2.75, 3.05) is 13.1 Å². The van der Waals surface area contributed by atoms with Crippen molar-refractivity contribution in [1.29, 1.82) is 0 Å². The summed E-state index contributed by atoms with van der Waals surface area (Å²) in [5.41, 5.74) is 2.89. The van der Waals surface area contributed by atoms with Crippen molar-refractivity contribution in [3.8, 4) is 0 Å². The number of halogens is 1. The van der Waals surface area contributed by atoms with Crippen LogP contribution in [0.15, 0.2) is 39.5 Å². The summed E-state index contributed by atoms with van der Waals surface area (Å²) < 4.78 is 1.39. The first-order valence-electron chi connectivity index (χ1n) is 7.12. The number of thioether (sulfide) groups is 1. The molecule has 0 spiro atoms. The Morgan fingerprint density at radius 1 is 1.19 bits per heavy atom. The molecule has 0 radical (unpaired) electrons. The number of aliphatic imine (C=N–C) groups is 1. The molecule has 5 heteroatoms. The highest BCUT2D eigenvalue weighted by molar-refractivity contribution is 8.93. The first kappa shape index (κ1) is 13.9. The Bertz CT molecular complexity index is 773. The van der Waals surface area contributed by atoms with Gasteiger partial charge in [0.25, 0.3) is 0 Å². The summed E-state index contributed by atoms with van der Waals surface area (Å²) in [6.45, 7) is 2.00. The number of thiophene rings is 1. The maximum atomic E-state index is 4.67. The summed E-state index contributed by atoms with van der Waals surface area (Å²) in [5, 5.41) is 4.97. The number of allylic oxidation sites excluding steroid dienone is 1. The summed E-state index contributed by atoms with van der Waals surface area (Å²) in [4.78, 5) is 8.69. The molecule has 0 saturated heterocycles. The Hall–Kier alpha value is -0.780. The smallest absolute Gasteiger partial charge is 0.168 e. The molecule has 1 aromatic carbocycles. The van der Waals surface area contributed by atoms with Gasteiger partial charge in [-0.2, -0.15) is 0 Å². The Balaban J connectivity index is 0.00000115. The standard InChI is InChI=1S/C16H14N2S2.BrH/c1-2-4-13-11(3-1)12(9-19-13)14-15(10-5-6-10)20-16-17-7-8-18(14)16;/h1-4,9-10H,5-8H2;1H. The molecule has 0 unspecified atom stereocenters. The lowest BCUT2D eigenvalue weighted by Crippen LogP contribution is -2.19. The SMILES string of the molecule is Br.c1ccc2c(C3=C(C4CC4)SC4=NCCN43)csc2c1. The van der Waals surface area contributed by atoms with Gasteiger partial charge < -0.3 is 4.90 Å². The Kier molecular flexibility index (Phi) is 3.39. The van der Waals surface area contributed by atoms with Crippen molar-refractivity contribution < 1.29 is 0 Å². The minimum atomic E-state index is 0. The van der Waals surface area contributed by atoms with Gasteiger partial charge in [-0.1, -0.05) is 30.0 Å². The number of benzene rings is 1. The van der Waals surface area contributed by atoms with Crippen molar-refractivity contribution in [3.05, 3.63) is 40.1 Å². The van der Waals surface area contributed by atoms with Gasteiger partial charge >= 0.3 is 0 Å². The van der Waals surface area contributed by atoms with E-state index in [-0.39, 0.29) is 17.0 Å². The van der Waals surface area contributed by atoms with Gasteiger partial charge in [-0.15, -0.1) is 28.3 Å². The number of hydrogen-bond acceptors (Lipinski definition) is 4. The normalized spacial score (nSPS) is 20.8. The van der Waals surface area contributed by atoms with E-state index < -0.39 is 0 Å². The minimum absolute atomic E-state index is 0. The number of amidine groups is 1. The van der Waals surface area contributed by atoms with E-state index in [1.165, 1.54) is 39.4 Å². The van der Waals surface area contributed by atoms with Gasteiger partial charge in [0.1, 0.15) is 0 Å². The fraction of sp³-hybridized carbons (Fsp3) is 0.312. The molecule has 1 saturated carbocycles. The Labute approximate surface area is 142 Å². The van der Waals surface area contributed by atoms with Gasteiger partial charge in [0.15, 0.2) is 5.17 Å². The van der Waals surface area contributed by atoms with Crippen LogP contribution in [0.4, 0.5) is 0 Å². The third-order valence-corrected chi connectivity index (χ3v) is 6.43. The van der Waals surface area contributed by atoms with Gasteiger partial charge in [-0.05, 0) is 24.8 Å². The van der Waals surface area contributed by atoms with Crippen molar-refractivity contribution in [3.63, 3.8) is 0 Å². The fourth-order valence-corrected chi connectivity index (χ4v) is 5.37. The molecule has 0 N–H and O–H groups in total. The molecule has 2 aliphatic heterocycles. The molecule has 1 fully saturated rings. The van der Waals surface area contributed by atoms with Crippen molar-refractivity contribution in [1.82, 2.24) is 4.90 Å². The second-order valence-corrected chi connectivity index (χ2v) is 7.47. The Morgan fingerprint density at radius 3 is 2.90 bits per heavy atom. The van der Waals surface area contributed by atoms with Crippen LogP contribution in [0.3, 0.4) is 0 Å². The van der Waals surface area contributed by atoms with E-state index in [0.29, 0.717) is 0 Å². The second kappa shape index (κ2) is 5.14. The average molecular weight is 379 g/mol. The van der Waals surface area contributed by atoms with Crippen LogP contribution in [0.25, 0.3) is 15.8 Å². The molecule has 21 heavy (non-hydrogen) atoms. The predicted octanol–water partition coefficient (Wildman–Crippen LogP) is 4.98. The van der Waals surface area contributed by atoms with E-state index in [2.05, 4.69) is 39.5 Å². The largest absolute Gasteiger partial charge is 0.318 e. The van der Waals surface area contributed by atoms with Crippen molar-refractivity contribution >= 4 is 61.0 Å². The molecule has 0 atom stereocenters. The van der Waals surface area contributed by atoms with Crippen LogP contribution in [-0.2, 0) is 0 Å². The van der Waals surface area contributed by atoms with Gasteiger partial charge in [0, 0.05) is 32.5 Å². The van der Waals surface area contributed by atoms with E-state index in [1.807, 2.05) is 23.1 Å². The summed E-state index contributed by atoms with van der Waals surface area (Å²) in [5.74, 6) is 0.793. The molecule has 5 rings (SSSR count). The third-order valence-electron chi connectivity index (χ3n) is 4.19. The van der Waals surface area contributed by atoms with Gasteiger partial charge in [-0.25, -0.2) is 0 Å². The molecule has 1 aliphatic carbocycles. The molecule has 108 valence electrons. The molecule has 3 heterocycles. The topological polar surface area (TPSA) is 15.6 Å². The van der Waals surface area contributed by atoms with E-state index >= 15 is 0 Å². The zero-order valence-electron chi connectivity index (χ0n) is 11.4.